The van der Waals surface area contributed by atoms with Crippen molar-refractivity contribution in [1.29, 1.82) is 0 Å². The Kier molecular flexibility index (Phi) is 5.90. The van der Waals surface area contributed by atoms with Crippen LogP contribution in [0.5, 0.6) is 0 Å². The number of aryl methyl sites for hydroxylation is 1. The molecule has 0 saturated carbocycles. The molecule has 102 valence electrons. The van der Waals surface area contributed by atoms with Crippen molar-refractivity contribution in [3.8, 4) is 0 Å². The molecule has 0 aliphatic carbocycles. The summed E-state index contributed by atoms with van der Waals surface area (Å²) in [4.78, 5) is 1.46. The molecule has 3 heteroatoms. The highest BCUT2D eigenvalue weighted by atomic mass is 35.5. The number of hydrogen-bond acceptors (Lipinski definition) is 2. The molecule has 1 aromatic carbocycles. The number of halogens is 1. The van der Waals surface area contributed by atoms with E-state index in [1.54, 1.807) is 0 Å². The summed E-state index contributed by atoms with van der Waals surface area (Å²) in [5, 5.41) is 6.59. The lowest BCUT2D eigenvalue weighted by atomic mass is 10.0. The van der Waals surface area contributed by atoms with Crippen LogP contribution in [0, 0.1) is 0 Å². The van der Waals surface area contributed by atoms with E-state index >= 15 is 0 Å². The van der Waals surface area contributed by atoms with Crippen molar-refractivity contribution in [3.05, 3.63) is 57.2 Å². The fraction of sp³-hybridized carbons (Fsp3) is 0.375. The topological polar surface area (TPSA) is 12.0 Å². The van der Waals surface area contributed by atoms with E-state index in [-0.39, 0.29) is 0 Å². The van der Waals surface area contributed by atoms with Crippen LogP contribution >= 0.6 is 22.9 Å². The third kappa shape index (κ3) is 4.64. The zero-order chi connectivity index (χ0) is 13.5. The zero-order valence-corrected chi connectivity index (χ0v) is 12.8. The fourth-order valence-electron chi connectivity index (χ4n) is 2.27. The molecule has 0 radical (unpaired) electrons. The van der Waals surface area contributed by atoms with Crippen LogP contribution in [0.3, 0.4) is 0 Å². The number of hydrogen-bond donors (Lipinski definition) is 1. The maximum absolute atomic E-state index is 6.24. The number of likely N-dealkylation sites (N-methyl/N-ethyl adjacent to an activating group) is 1. The summed E-state index contributed by atoms with van der Waals surface area (Å²) in [5.41, 5.74) is 1.24. The normalized spacial score (nSPS) is 12.5. The molecular weight excluding hydrogens is 274 g/mol. The summed E-state index contributed by atoms with van der Waals surface area (Å²) < 4.78 is 0. The quantitative estimate of drug-likeness (QED) is 0.789. The Morgan fingerprint density at radius 3 is 2.74 bits per heavy atom. The second-order valence-corrected chi connectivity index (χ2v) is 6.11. The van der Waals surface area contributed by atoms with Crippen molar-refractivity contribution in [1.82, 2.24) is 5.32 Å². The molecule has 0 fully saturated rings. The monoisotopic (exact) mass is 293 g/mol. The van der Waals surface area contributed by atoms with Gasteiger partial charge in [-0.2, -0.15) is 0 Å². The van der Waals surface area contributed by atoms with E-state index in [4.69, 9.17) is 11.6 Å². The Labute approximate surface area is 124 Å². The van der Waals surface area contributed by atoms with Crippen molar-refractivity contribution < 1.29 is 0 Å². The zero-order valence-electron chi connectivity index (χ0n) is 11.2. The van der Waals surface area contributed by atoms with E-state index in [0.717, 1.165) is 30.8 Å². The largest absolute Gasteiger partial charge is 0.314 e. The standard InChI is InChI=1S/C16H20ClNS/c1-2-18-14(9-10-15-7-5-11-19-15)12-13-6-3-4-8-16(13)17/h3-8,11,14,18H,2,9-10,12H2,1H3. The molecule has 19 heavy (non-hydrogen) atoms. The fourth-order valence-corrected chi connectivity index (χ4v) is 3.20. The van der Waals surface area contributed by atoms with Gasteiger partial charge >= 0.3 is 0 Å². The molecule has 1 atom stereocenters. The number of thiophene rings is 1. The van der Waals surface area contributed by atoms with Gasteiger partial charge in [0.05, 0.1) is 0 Å². The minimum absolute atomic E-state index is 0.493. The summed E-state index contributed by atoms with van der Waals surface area (Å²) in [6.07, 6.45) is 3.29. The van der Waals surface area contributed by atoms with Gasteiger partial charge in [-0.15, -0.1) is 11.3 Å². The van der Waals surface area contributed by atoms with E-state index in [1.807, 2.05) is 23.5 Å². The molecule has 1 heterocycles. The average molecular weight is 294 g/mol. The molecule has 1 nitrogen and oxygen atoms in total. The Morgan fingerprint density at radius 2 is 2.05 bits per heavy atom. The van der Waals surface area contributed by atoms with Crippen LogP contribution in [0.4, 0.5) is 0 Å². The number of nitrogens with one attached hydrogen (secondary N) is 1. The lowest BCUT2D eigenvalue weighted by Crippen LogP contribution is -2.31. The van der Waals surface area contributed by atoms with Crippen LogP contribution in [0.15, 0.2) is 41.8 Å². The van der Waals surface area contributed by atoms with Crippen LogP contribution in [-0.2, 0) is 12.8 Å². The second kappa shape index (κ2) is 7.68. The first-order valence-electron chi connectivity index (χ1n) is 6.78. The molecule has 0 aliphatic rings. The van der Waals surface area contributed by atoms with Gasteiger partial charge in [0.1, 0.15) is 0 Å². The average Bonchev–Trinajstić information content (AvgIpc) is 2.92. The van der Waals surface area contributed by atoms with Gasteiger partial charge in [0.25, 0.3) is 0 Å². The third-order valence-corrected chi connectivity index (χ3v) is 4.54. The van der Waals surface area contributed by atoms with Gasteiger partial charge in [-0.1, -0.05) is 42.8 Å². The molecule has 1 unspecified atom stereocenters. The Morgan fingerprint density at radius 1 is 1.21 bits per heavy atom. The van der Waals surface area contributed by atoms with E-state index in [2.05, 4.69) is 41.9 Å². The molecular formula is C16H20ClNS. The van der Waals surface area contributed by atoms with Crippen molar-refractivity contribution in [2.24, 2.45) is 0 Å². The maximum Gasteiger partial charge on any atom is 0.0438 e. The lowest BCUT2D eigenvalue weighted by molar-refractivity contribution is 0.492. The van der Waals surface area contributed by atoms with Gasteiger partial charge in [-0.05, 0) is 48.9 Å². The van der Waals surface area contributed by atoms with Crippen LogP contribution in [-0.4, -0.2) is 12.6 Å². The lowest BCUT2D eigenvalue weighted by Gasteiger charge is -2.18. The summed E-state index contributed by atoms with van der Waals surface area (Å²) >= 11 is 8.08. The second-order valence-electron chi connectivity index (χ2n) is 4.67. The Hall–Kier alpha value is -0.830. The summed E-state index contributed by atoms with van der Waals surface area (Å²) in [6.45, 7) is 3.16. The molecule has 0 aliphatic heterocycles. The minimum Gasteiger partial charge on any atom is -0.314 e. The van der Waals surface area contributed by atoms with Gasteiger partial charge in [0.15, 0.2) is 0 Å². The highest BCUT2D eigenvalue weighted by molar-refractivity contribution is 7.09. The van der Waals surface area contributed by atoms with Crippen LogP contribution < -0.4 is 5.32 Å². The molecule has 1 aromatic heterocycles. The first-order valence-corrected chi connectivity index (χ1v) is 8.04. The first-order chi connectivity index (χ1) is 9.29. The molecule has 2 rings (SSSR count). The van der Waals surface area contributed by atoms with E-state index < -0.39 is 0 Å². The molecule has 0 saturated heterocycles. The maximum atomic E-state index is 6.24. The van der Waals surface area contributed by atoms with Gasteiger partial charge < -0.3 is 5.32 Å². The summed E-state index contributed by atoms with van der Waals surface area (Å²) in [7, 11) is 0. The predicted octanol–water partition coefficient (Wildman–Crippen LogP) is 4.55. The molecule has 0 amide bonds. The highest BCUT2D eigenvalue weighted by Gasteiger charge is 2.11. The van der Waals surface area contributed by atoms with Crippen molar-refractivity contribution in [3.63, 3.8) is 0 Å². The Bertz CT molecular complexity index is 481. The van der Waals surface area contributed by atoms with Gasteiger partial charge in [-0.25, -0.2) is 0 Å². The summed E-state index contributed by atoms with van der Waals surface area (Å²) in [6, 6.07) is 13.0. The van der Waals surface area contributed by atoms with Crippen molar-refractivity contribution in [2.75, 3.05) is 6.54 Å². The van der Waals surface area contributed by atoms with Crippen LogP contribution in [0.25, 0.3) is 0 Å². The number of rotatable bonds is 7. The minimum atomic E-state index is 0.493. The Balaban J connectivity index is 1.94. The van der Waals surface area contributed by atoms with Crippen molar-refractivity contribution >= 4 is 22.9 Å². The molecule has 2 aromatic rings. The van der Waals surface area contributed by atoms with Crippen LogP contribution in [0.2, 0.25) is 5.02 Å². The third-order valence-electron chi connectivity index (χ3n) is 3.24. The van der Waals surface area contributed by atoms with Crippen molar-refractivity contribution in [2.45, 2.75) is 32.2 Å². The van der Waals surface area contributed by atoms with Crippen LogP contribution in [0.1, 0.15) is 23.8 Å². The predicted molar refractivity (Wildman–Crippen MR) is 85.3 cm³/mol. The summed E-state index contributed by atoms with van der Waals surface area (Å²) in [5.74, 6) is 0. The van der Waals surface area contributed by atoms with E-state index in [1.165, 1.54) is 10.4 Å². The SMILES string of the molecule is CCNC(CCc1cccs1)Cc1ccccc1Cl. The highest BCUT2D eigenvalue weighted by Crippen LogP contribution is 2.19. The van der Waals surface area contributed by atoms with E-state index in [9.17, 15) is 0 Å². The smallest absolute Gasteiger partial charge is 0.0438 e. The first kappa shape index (κ1) is 14.6. The molecule has 0 spiro atoms. The van der Waals surface area contributed by atoms with Gasteiger partial charge in [0.2, 0.25) is 0 Å². The molecule has 1 N–H and O–H groups in total. The van der Waals surface area contributed by atoms with E-state index in [0.29, 0.717) is 6.04 Å². The number of benzene rings is 1. The van der Waals surface area contributed by atoms with Gasteiger partial charge in [-0.3, -0.25) is 0 Å². The molecule has 0 bridgehead atoms. The van der Waals surface area contributed by atoms with Gasteiger partial charge in [0, 0.05) is 15.9 Å².